The van der Waals surface area contributed by atoms with Crippen molar-refractivity contribution in [2.24, 2.45) is 0 Å². The minimum Gasteiger partial charge on any atom is -0.378 e. The lowest BCUT2D eigenvalue weighted by Gasteiger charge is -2.17. The normalized spacial score (nSPS) is 17.3. The van der Waals surface area contributed by atoms with Gasteiger partial charge in [-0.25, -0.2) is 0 Å². The van der Waals surface area contributed by atoms with Gasteiger partial charge in [-0.05, 0) is 30.4 Å². The average molecular weight is 340 g/mol. The number of ether oxygens (including phenoxy) is 1. The first-order chi connectivity index (χ1) is 11.8. The summed E-state index contributed by atoms with van der Waals surface area (Å²) in [6.45, 7) is 0.859. The second-order valence-corrected chi connectivity index (χ2v) is 7.32. The van der Waals surface area contributed by atoms with E-state index in [0.717, 1.165) is 25.9 Å². The Labute approximate surface area is 148 Å². The molecule has 0 N–H and O–H groups in total. The third-order valence-electron chi connectivity index (χ3n) is 4.38. The summed E-state index contributed by atoms with van der Waals surface area (Å²) < 4.78 is 5.61. The molecule has 1 saturated heterocycles. The second kappa shape index (κ2) is 9.05. The fraction of sp³-hybridized carbons (Fsp3) is 0.381. The molecule has 0 aliphatic carbocycles. The molecule has 0 radical (unpaired) electrons. The quantitative estimate of drug-likeness (QED) is 0.673. The predicted molar refractivity (Wildman–Crippen MR) is 100 cm³/mol. The average Bonchev–Trinajstić information content (AvgIpc) is 3.16. The zero-order valence-electron chi connectivity index (χ0n) is 13.9. The van der Waals surface area contributed by atoms with Gasteiger partial charge in [-0.15, -0.1) is 11.8 Å². The lowest BCUT2D eigenvalue weighted by molar-refractivity contribution is -0.117. The van der Waals surface area contributed by atoms with E-state index < -0.39 is 0 Å². The van der Waals surface area contributed by atoms with Crippen molar-refractivity contribution in [3.63, 3.8) is 0 Å². The lowest BCUT2D eigenvalue weighted by atomic mass is 10.0. The molecule has 0 saturated carbocycles. The molecular weight excluding hydrogens is 316 g/mol. The van der Waals surface area contributed by atoms with E-state index in [1.54, 1.807) is 11.8 Å². The third kappa shape index (κ3) is 4.96. The maximum atomic E-state index is 12.3. The Bertz CT molecular complexity index is 581. The van der Waals surface area contributed by atoms with Crippen LogP contribution in [-0.2, 0) is 9.53 Å². The minimum absolute atomic E-state index is 0.207. The van der Waals surface area contributed by atoms with Crippen molar-refractivity contribution in [3.05, 3.63) is 71.8 Å². The fourth-order valence-electron chi connectivity index (χ4n) is 3.08. The summed E-state index contributed by atoms with van der Waals surface area (Å²) in [4.78, 5) is 12.3. The maximum Gasteiger partial charge on any atom is 0.142 e. The Hall–Kier alpha value is -1.58. The van der Waals surface area contributed by atoms with Crippen molar-refractivity contribution in [1.29, 1.82) is 0 Å². The Kier molecular flexibility index (Phi) is 6.50. The van der Waals surface area contributed by atoms with E-state index in [0.29, 0.717) is 24.1 Å². The molecule has 0 bridgehead atoms. The van der Waals surface area contributed by atoms with Crippen molar-refractivity contribution in [3.8, 4) is 0 Å². The molecule has 2 aromatic rings. The van der Waals surface area contributed by atoms with Crippen LogP contribution < -0.4 is 0 Å². The van der Waals surface area contributed by atoms with Crippen LogP contribution in [0.4, 0.5) is 0 Å². The highest BCUT2D eigenvalue weighted by atomic mass is 32.2. The number of carbonyl (C=O) groups is 1. The van der Waals surface area contributed by atoms with Gasteiger partial charge < -0.3 is 4.74 Å². The summed E-state index contributed by atoms with van der Waals surface area (Å²) in [5.41, 5.74) is 2.50. The minimum atomic E-state index is 0.207. The van der Waals surface area contributed by atoms with E-state index >= 15 is 0 Å². The smallest absolute Gasteiger partial charge is 0.142 e. The molecule has 1 atom stereocenters. The van der Waals surface area contributed by atoms with Gasteiger partial charge in [0, 0.05) is 13.0 Å². The summed E-state index contributed by atoms with van der Waals surface area (Å²) in [6, 6.07) is 20.9. The van der Waals surface area contributed by atoms with Crippen LogP contribution in [0.5, 0.6) is 0 Å². The van der Waals surface area contributed by atoms with Crippen LogP contribution >= 0.6 is 11.8 Å². The van der Waals surface area contributed by atoms with Gasteiger partial charge in [-0.2, -0.15) is 0 Å². The Morgan fingerprint density at radius 2 is 1.67 bits per heavy atom. The number of thioether (sulfide) groups is 1. The van der Waals surface area contributed by atoms with Crippen LogP contribution in [0.2, 0.25) is 0 Å². The summed E-state index contributed by atoms with van der Waals surface area (Å²) in [5.74, 6) is 0.883. The van der Waals surface area contributed by atoms with Crippen LogP contribution in [0.15, 0.2) is 60.7 Å². The number of rotatable bonds is 8. The molecule has 1 aliphatic rings. The molecular formula is C21H24O2S. The van der Waals surface area contributed by atoms with Gasteiger partial charge in [-0.3, -0.25) is 4.79 Å². The highest BCUT2D eigenvalue weighted by Gasteiger charge is 2.19. The Morgan fingerprint density at radius 1 is 1.04 bits per heavy atom. The van der Waals surface area contributed by atoms with Gasteiger partial charge in [0.25, 0.3) is 0 Å². The molecule has 2 aromatic carbocycles. The summed E-state index contributed by atoms with van der Waals surface area (Å²) in [7, 11) is 0. The third-order valence-corrected chi connectivity index (χ3v) is 5.75. The van der Waals surface area contributed by atoms with Crippen molar-refractivity contribution in [2.45, 2.75) is 37.0 Å². The fourth-order valence-corrected chi connectivity index (χ4v) is 4.28. The summed E-state index contributed by atoms with van der Waals surface area (Å²) >= 11 is 1.73. The highest BCUT2D eigenvalue weighted by Crippen LogP contribution is 2.35. The van der Waals surface area contributed by atoms with Crippen LogP contribution in [0, 0.1) is 0 Å². The summed E-state index contributed by atoms with van der Waals surface area (Å²) in [6.07, 6.45) is 4.06. The topological polar surface area (TPSA) is 26.3 Å². The Balaban J connectivity index is 1.59. The second-order valence-electron chi connectivity index (χ2n) is 6.22. The van der Waals surface area contributed by atoms with Crippen molar-refractivity contribution >= 4 is 17.5 Å². The number of Topliss-reactive ketones (excluding diaryl/α,β-unsaturated/α-hetero) is 1. The van der Waals surface area contributed by atoms with Crippen LogP contribution in [-0.4, -0.2) is 24.2 Å². The van der Waals surface area contributed by atoms with E-state index in [-0.39, 0.29) is 5.25 Å². The van der Waals surface area contributed by atoms with E-state index in [1.807, 2.05) is 12.1 Å². The summed E-state index contributed by atoms with van der Waals surface area (Å²) in [5, 5.41) is 0.207. The molecule has 1 fully saturated rings. The molecule has 0 spiro atoms. The SMILES string of the molecule is O=C(CCC1CCCO1)CSC(c1ccccc1)c1ccccc1. The molecule has 1 unspecified atom stereocenters. The molecule has 24 heavy (non-hydrogen) atoms. The molecule has 0 aromatic heterocycles. The van der Waals surface area contributed by atoms with Crippen molar-refractivity contribution < 1.29 is 9.53 Å². The van der Waals surface area contributed by atoms with Crippen LogP contribution in [0.25, 0.3) is 0 Å². The molecule has 126 valence electrons. The largest absolute Gasteiger partial charge is 0.378 e. The molecule has 1 aliphatic heterocycles. The van der Waals surface area contributed by atoms with Crippen LogP contribution in [0.3, 0.4) is 0 Å². The number of carbonyl (C=O) groups excluding carboxylic acids is 1. The van der Waals surface area contributed by atoms with Gasteiger partial charge >= 0.3 is 0 Å². The number of benzene rings is 2. The predicted octanol–water partition coefficient (Wildman–Crippen LogP) is 5.04. The standard InChI is InChI=1S/C21H24O2S/c22-19(13-14-20-12-7-15-23-20)16-24-21(17-8-3-1-4-9-17)18-10-5-2-6-11-18/h1-6,8-11,20-21H,7,12-16H2. The highest BCUT2D eigenvalue weighted by molar-refractivity contribution is 8.00. The van der Waals surface area contributed by atoms with Crippen molar-refractivity contribution in [1.82, 2.24) is 0 Å². The first kappa shape index (κ1) is 17.2. The lowest BCUT2D eigenvalue weighted by Crippen LogP contribution is -2.11. The van der Waals surface area contributed by atoms with Gasteiger partial charge in [-0.1, -0.05) is 60.7 Å². The molecule has 3 heteroatoms. The van der Waals surface area contributed by atoms with Gasteiger partial charge in [0.05, 0.1) is 17.1 Å². The van der Waals surface area contributed by atoms with E-state index in [1.165, 1.54) is 11.1 Å². The first-order valence-corrected chi connectivity index (χ1v) is 9.72. The van der Waals surface area contributed by atoms with Gasteiger partial charge in [0.15, 0.2) is 0 Å². The molecule has 0 amide bonds. The first-order valence-electron chi connectivity index (χ1n) is 8.68. The molecule has 2 nitrogen and oxygen atoms in total. The Morgan fingerprint density at radius 3 is 2.21 bits per heavy atom. The van der Waals surface area contributed by atoms with Crippen molar-refractivity contribution in [2.75, 3.05) is 12.4 Å². The van der Waals surface area contributed by atoms with E-state index in [2.05, 4.69) is 48.5 Å². The van der Waals surface area contributed by atoms with E-state index in [9.17, 15) is 4.79 Å². The van der Waals surface area contributed by atoms with Gasteiger partial charge in [0.1, 0.15) is 5.78 Å². The molecule has 3 rings (SSSR count). The van der Waals surface area contributed by atoms with Crippen LogP contribution in [0.1, 0.15) is 42.1 Å². The zero-order chi connectivity index (χ0) is 16.6. The number of hydrogen-bond acceptors (Lipinski definition) is 3. The molecule has 1 heterocycles. The van der Waals surface area contributed by atoms with Gasteiger partial charge in [0.2, 0.25) is 0 Å². The number of ketones is 1. The van der Waals surface area contributed by atoms with E-state index in [4.69, 9.17) is 4.74 Å². The monoisotopic (exact) mass is 340 g/mol. The number of hydrogen-bond donors (Lipinski definition) is 0. The maximum absolute atomic E-state index is 12.3. The zero-order valence-corrected chi connectivity index (χ0v) is 14.7.